The number of thiocarbonyl (C=S) groups is 1. The van der Waals surface area contributed by atoms with Crippen LogP contribution in [0.4, 0.5) is 0 Å². The number of carbonyl (C=O) groups is 1. The molecule has 7 nitrogen and oxygen atoms in total. The Morgan fingerprint density at radius 3 is 2.64 bits per heavy atom. The Kier molecular flexibility index (Phi) is 7.51. The highest BCUT2D eigenvalue weighted by Gasteiger charge is 2.31. The number of sulfonamides is 1. The maximum atomic E-state index is 12.1. The first kappa shape index (κ1) is 19.1. The molecule has 0 aromatic heterocycles. The Bertz CT molecular complexity index is 494. The van der Waals surface area contributed by atoms with Crippen molar-refractivity contribution in [2.45, 2.75) is 33.6 Å². The maximum Gasteiger partial charge on any atom is 0.242 e. The van der Waals surface area contributed by atoms with Crippen molar-refractivity contribution in [2.75, 3.05) is 25.4 Å². The van der Waals surface area contributed by atoms with Crippen LogP contribution in [-0.2, 0) is 14.8 Å². The van der Waals surface area contributed by atoms with Crippen molar-refractivity contribution in [1.29, 1.82) is 0 Å². The van der Waals surface area contributed by atoms with Gasteiger partial charge in [0.1, 0.15) is 0 Å². The summed E-state index contributed by atoms with van der Waals surface area (Å²) in [4.78, 5) is 12.1. The summed E-state index contributed by atoms with van der Waals surface area (Å²) in [6, 6.07) is 0. The Balaban J connectivity index is 2.44. The first-order valence-corrected chi connectivity index (χ1v) is 9.59. The number of hydrogen-bond acceptors (Lipinski definition) is 4. The molecule has 0 aromatic carbocycles. The van der Waals surface area contributed by atoms with E-state index in [1.807, 2.05) is 0 Å². The molecule has 1 atom stereocenters. The second kappa shape index (κ2) is 8.64. The van der Waals surface area contributed by atoms with Gasteiger partial charge >= 0.3 is 0 Å². The predicted molar refractivity (Wildman–Crippen MR) is 90.5 cm³/mol. The molecule has 1 heterocycles. The van der Waals surface area contributed by atoms with Crippen molar-refractivity contribution in [3.63, 3.8) is 0 Å². The summed E-state index contributed by atoms with van der Waals surface area (Å²) < 4.78 is 25.2. The Morgan fingerprint density at radius 2 is 2.05 bits per heavy atom. The first-order chi connectivity index (χ1) is 10.3. The highest BCUT2D eigenvalue weighted by molar-refractivity contribution is 7.89. The molecule has 9 heteroatoms. The van der Waals surface area contributed by atoms with Gasteiger partial charge in [-0.05, 0) is 37.9 Å². The smallest absolute Gasteiger partial charge is 0.242 e. The fraction of sp³-hybridized carbons (Fsp3) is 0.846. The fourth-order valence-electron chi connectivity index (χ4n) is 2.15. The van der Waals surface area contributed by atoms with Gasteiger partial charge in [0, 0.05) is 19.6 Å². The summed E-state index contributed by atoms with van der Waals surface area (Å²) in [5, 5.41) is 3.34. The molecular weight excluding hydrogens is 324 g/mol. The number of nitrogens with zero attached hydrogens (tertiary/aromatic N) is 1. The van der Waals surface area contributed by atoms with Crippen molar-refractivity contribution < 1.29 is 13.2 Å². The van der Waals surface area contributed by atoms with Crippen molar-refractivity contribution in [3.05, 3.63) is 0 Å². The van der Waals surface area contributed by atoms with Gasteiger partial charge in [-0.25, -0.2) is 12.7 Å². The lowest BCUT2D eigenvalue weighted by molar-refractivity contribution is -0.126. The molecule has 0 aromatic rings. The summed E-state index contributed by atoms with van der Waals surface area (Å²) in [6.45, 7) is 7.16. The van der Waals surface area contributed by atoms with Crippen LogP contribution in [0.1, 0.15) is 33.6 Å². The number of rotatable bonds is 5. The van der Waals surface area contributed by atoms with Crippen LogP contribution >= 0.6 is 12.2 Å². The van der Waals surface area contributed by atoms with E-state index in [1.165, 1.54) is 4.31 Å². The summed E-state index contributed by atoms with van der Waals surface area (Å²) >= 11 is 5.05. The van der Waals surface area contributed by atoms with Gasteiger partial charge in [0.25, 0.3) is 0 Å². The zero-order valence-corrected chi connectivity index (χ0v) is 15.0. The minimum absolute atomic E-state index is 0.0583. The molecule has 128 valence electrons. The third-order valence-corrected chi connectivity index (χ3v) is 5.58. The average molecular weight is 351 g/mol. The van der Waals surface area contributed by atoms with Gasteiger partial charge in [-0.2, -0.15) is 0 Å². The molecule has 0 radical (unpaired) electrons. The van der Waals surface area contributed by atoms with Gasteiger partial charge < -0.3 is 5.32 Å². The molecule has 1 saturated heterocycles. The molecule has 1 unspecified atom stereocenters. The van der Waals surface area contributed by atoms with Gasteiger partial charge in [0.05, 0.1) is 11.7 Å². The van der Waals surface area contributed by atoms with Gasteiger partial charge in [-0.3, -0.25) is 15.6 Å². The van der Waals surface area contributed by atoms with E-state index < -0.39 is 10.0 Å². The van der Waals surface area contributed by atoms with Crippen LogP contribution in [0.3, 0.4) is 0 Å². The topological polar surface area (TPSA) is 90.5 Å². The molecule has 1 rings (SSSR count). The molecule has 1 fully saturated rings. The first-order valence-electron chi connectivity index (χ1n) is 7.57. The zero-order chi connectivity index (χ0) is 16.8. The highest BCUT2D eigenvalue weighted by Crippen LogP contribution is 2.19. The Morgan fingerprint density at radius 1 is 1.36 bits per heavy atom. The van der Waals surface area contributed by atoms with E-state index in [1.54, 1.807) is 6.92 Å². The molecule has 0 aliphatic carbocycles. The lowest BCUT2D eigenvalue weighted by atomic mass is 9.99. The quantitative estimate of drug-likeness (QED) is 0.485. The number of piperidine rings is 1. The molecule has 1 aliphatic rings. The second-order valence-corrected chi connectivity index (χ2v) is 8.48. The van der Waals surface area contributed by atoms with E-state index in [0.29, 0.717) is 37.0 Å². The Labute approximate surface area is 138 Å². The molecule has 22 heavy (non-hydrogen) atoms. The highest BCUT2D eigenvalue weighted by atomic mass is 32.2. The van der Waals surface area contributed by atoms with Crippen molar-refractivity contribution in [3.8, 4) is 0 Å². The minimum atomic E-state index is -3.24. The van der Waals surface area contributed by atoms with E-state index in [0.717, 1.165) is 0 Å². The van der Waals surface area contributed by atoms with E-state index in [2.05, 4.69) is 30.0 Å². The molecule has 0 saturated carbocycles. The maximum absolute atomic E-state index is 12.1. The predicted octanol–water partition coefficient (Wildman–Crippen LogP) is 0.199. The minimum Gasteiger partial charge on any atom is -0.361 e. The number of nitrogens with one attached hydrogen (secondary N) is 3. The van der Waals surface area contributed by atoms with Crippen LogP contribution in [0.5, 0.6) is 0 Å². The summed E-state index contributed by atoms with van der Waals surface area (Å²) in [7, 11) is -3.24. The standard InChI is InChI=1S/C13H26N4O3S2/c1-4-22(19,20)17-7-5-6-11(9-17)12(18)15-16-13(21)14-8-10(2)3/h10-11H,4-9H2,1-3H3,(H,15,18)(H2,14,16,21). The van der Waals surface area contributed by atoms with E-state index >= 15 is 0 Å². The van der Waals surface area contributed by atoms with Crippen LogP contribution < -0.4 is 16.2 Å². The van der Waals surface area contributed by atoms with E-state index in [4.69, 9.17) is 12.2 Å². The molecule has 0 spiro atoms. The van der Waals surface area contributed by atoms with Crippen molar-refractivity contribution in [1.82, 2.24) is 20.5 Å². The van der Waals surface area contributed by atoms with Crippen LogP contribution in [-0.4, -0.2) is 49.1 Å². The monoisotopic (exact) mass is 350 g/mol. The van der Waals surface area contributed by atoms with Crippen LogP contribution in [0.15, 0.2) is 0 Å². The fourth-order valence-corrected chi connectivity index (χ4v) is 3.47. The average Bonchev–Trinajstić information content (AvgIpc) is 2.50. The number of carbonyl (C=O) groups excluding carboxylic acids is 1. The third-order valence-electron chi connectivity index (χ3n) is 3.48. The van der Waals surface area contributed by atoms with Gasteiger partial charge in [0.15, 0.2) is 5.11 Å². The largest absolute Gasteiger partial charge is 0.361 e. The number of amides is 1. The SMILES string of the molecule is CCS(=O)(=O)N1CCCC(C(=O)NNC(=S)NCC(C)C)C1. The lowest BCUT2D eigenvalue weighted by Crippen LogP contribution is -2.52. The molecule has 1 amide bonds. The van der Waals surface area contributed by atoms with Gasteiger partial charge in [-0.1, -0.05) is 13.8 Å². The van der Waals surface area contributed by atoms with Gasteiger partial charge in [0.2, 0.25) is 15.9 Å². The summed E-state index contributed by atoms with van der Waals surface area (Å²) in [5.41, 5.74) is 5.21. The van der Waals surface area contributed by atoms with Crippen LogP contribution in [0, 0.1) is 11.8 Å². The lowest BCUT2D eigenvalue weighted by Gasteiger charge is -2.31. The van der Waals surface area contributed by atoms with Crippen molar-refractivity contribution in [2.24, 2.45) is 11.8 Å². The van der Waals surface area contributed by atoms with Gasteiger partial charge in [-0.15, -0.1) is 0 Å². The molecule has 1 aliphatic heterocycles. The summed E-state index contributed by atoms with van der Waals surface area (Å²) in [5.74, 6) is -0.0789. The van der Waals surface area contributed by atoms with E-state index in [9.17, 15) is 13.2 Å². The normalized spacial score (nSPS) is 19.7. The third kappa shape index (κ3) is 6.05. The number of hydrogen-bond donors (Lipinski definition) is 3. The van der Waals surface area contributed by atoms with Crippen LogP contribution in [0.25, 0.3) is 0 Å². The zero-order valence-electron chi connectivity index (χ0n) is 13.4. The van der Waals surface area contributed by atoms with Crippen LogP contribution in [0.2, 0.25) is 0 Å². The molecular formula is C13H26N4O3S2. The number of hydrazine groups is 1. The van der Waals surface area contributed by atoms with Crippen molar-refractivity contribution >= 4 is 33.3 Å². The summed E-state index contributed by atoms with van der Waals surface area (Å²) in [6.07, 6.45) is 1.36. The molecule has 3 N–H and O–H groups in total. The molecule has 0 bridgehead atoms. The Hall–Kier alpha value is -0.930. The second-order valence-electron chi connectivity index (χ2n) is 5.82. The van der Waals surface area contributed by atoms with E-state index in [-0.39, 0.29) is 24.1 Å².